The third-order valence-corrected chi connectivity index (χ3v) is 14.2. The van der Waals surface area contributed by atoms with Crippen molar-refractivity contribution in [1.82, 2.24) is 0 Å². The van der Waals surface area contributed by atoms with Gasteiger partial charge in [0.1, 0.15) is 21.1 Å². The zero-order valence-electron chi connectivity index (χ0n) is 38.3. The molecule has 1 aliphatic carbocycles. The molecular weight excluding hydrogens is 853 g/mol. The summed E-state index contributed by atoms with van der Waals surface area (Å²) in [6, 6.07) is 17.2. The van der Waals surface area contributed by atoms with E-state index in [1.54, 1.807) is 38.1 Å². The van der Waals surface area contributed by atoms with E-state index < -0.39 is 40.9 Å². The van der Waals surface area contributed by atoms with Crippen LogP contribution in [0, 0.1) is 52.4 Å². The van der Waals surface area contributed by atoms with Gasteiger partial charge in [-0.1, -0.05) is 71.9 Å². The van der Waals surface area contributed by atoms with E-state index in [4.69, 9.17) is 9.41 Å². The molecule has 4 aromatic rings. The fourth-order valence-corrected chi connectivity index (χ4v) is 9.06. The molecule has 0 saturated heterocycles. The number of hydrogen-bond donors (Lipinski definition) is 5. The predicted octanol–water partition coefficient (Wildman–Crippen LogP) is 11.3. The summed E-state index contributed by atoms with van der Waals surface area (Å²) in [6.45, 7) is 22.6. The molecule has 0 spiro atoms. The molecule has 6 rings (SSSR count). The number of rotatable bonds is 12. The Bertz CT molecular complexity index is 3170. The zero-order chi connectivity index (χ0) is 47.4. The molecule has 0 unspecified atom stereocenters. The number of hydrogen-bond acceptors (Lipinski definition) is 9. The highest BCUT2D eigenvalue weighted by atomic mass is 32.2. The molecule has 0 bridgehead atoms. The summed E-state index contributed by atoms with van der Waals surface area (Å²) < 4.78 is 80.1. The van der Waals surface area contributed by atoms with E-state index in [0.29, 0.717) is 52.1 Å². The van der Waals surface area contributed by atoms with Crippen LogP contribution in [0.4, 0.5) is 28.4 Å². The highest BCUT2D eigenvalue weighted by molar-refractivity contribution is 7.86. The van der Waals surface area contributed by atoms with Gasteiger partial charge >= 0.3 is 0 Å². The SMILES string of the molecule is CCC(C)(C)C(=O)Nc1c(C)cc(C)c(N=c2cc3oc4cc(Nc5c(C)cc(C)c(NC(=O)C(C)(C)CC)c5C)ccc4c(-c4ccccc4S(=O)(=O)O)c-3cc2S(=O)(=O)O)c1C. The number of aryl methyl sites for hydroxylation is 4. The van der Waals surface area contributed by atoms with Crippen LogP contribution in [0.2, 0.25) is 0 Å². The molecule has 1 heterocycles. The second-order valence-electron chi connectivity index (χ2n) is 17.8. The Kier molecular flexibility index (Phi) is 12.8. The molecule has 0 radical (unpaired) electrons. The number of carbonyl (C=O) groups is 2. The van der Waals surface area contributed by atoms with Crippen LogP contribution in [-0.4, -0.2) is 37.8 Å². The average molecular weight is 909 g/mol. The maximum atomic E-state index is 13.3. The first-order valence-electron chi connectivity index (χ1n) is 20.9. The van der Waals surface area contributed by atoms with Crippen LogP contribution in [0.25, 0.3) is 33.4 Å². The summed E-state index contributed by atoms with van der Waals surface area (Å²) >= 11 is 0. The third kappa shape index (κ3) is 9.21. The van der Waals surface area contributed by atoms with Crippen LogP contribution in [0.5, 0.6) is 0 Å². The van der Waals surface area contributed by atoms with Gasteiger partial charge in [-0.25, -0.2) is 4.99 Å². The van der Waals surface area contributed by atoms with Gasteiger partial charge in [-0.3, -0.25) is 18.7 Å². The van der Waals surface area contributed by atoms with Crippen molar-refractivity contribution >= 4 is 71.5 Å². The summed E-state index contributed by atoms with van der Waals surface area (Å²) in [4.78, 5) is 30.4. The predicted molar refractivity (Wildman–Crippen MR) is 253 cm³/mol. The minimum absolute atomic E-state index is 0.0451. The van der Waals surface area contributed by atoms with Crippen LogP contribution >= 0.6 is 0 Å². The lowest BCUT2D eigenvalue weighted by Crippen LogP contribution is -2.30. The molecule has 1 aliphatic heterocycles. The molecule has 15 heteroatoms. The number of amides is 2. The molecule has 338 valence electrons. The largest absolute Gasteiger partial charge is 0.456 e. The van der Waals surface area contributed by atoms with Gasteiger partial charge in [-0.15, -0.1) is 0 Å². The van der Waals surface area contributed by atoms with Crippen LogP contribution in [0.3, 0.4) is 0 Å². The van der Waals surface area contributed by atoms with Crippen LogP contribution in [-0.2, 0) is 29.8 Å². The number of anilines is 4. The Morgan fingerprint density at radius 2 is 1.17 bits per heavy atom. The van der Waals surface area contributed by atoms with Crippen molar-refractivity contribution in [2.45, 2.75) is 106 Å². The zero-order valence-corrected chi connectivity index (χ0v) is 39.9. The molecule has 0 aromatic heterocycles. The van der Waals surface area contributed by atoms with Gasteiger partial charge in [-0.2, -0.15) is 16.8 Å². The summed E-state index contributed by atoms with van der Waals surface area (Å²) in [6.07, 6.45) is 1.24. The van der Waals surface area contributed by atoms with E-state index >= 15 is 0 Å². The smallest absolute Gasteiger partial charge is 0.296 e. The van der Waals surface area contributed by atoms with Crippen LogP contribution in [0.15, 0.2) is 85.9 Å². The van der Waals surface area contributed by atoms with Crippen LogP contribution < -0.4 is 21.3 Å². The fraction of sp³-hybridized carbons (Fsp3) is 0.327. The van der Waals surface area contributed by atoms with Gasteiger partial charge in [0.2, 0.25) is 11.8 Å². The minimum Gasteiger partial charge on any atom is -0.456 e. The second kappa shape index (κ2) is 17.3. The molecule has 13 nitrogen and oxygen atoms in total. The van der Waals surface area contributed by atoms with Gasteiger partial charge in [0.25, 0.3) is 20.2 Å². The number of nitrogens with zero attached hydrogens (tertiary/aromatic N) is 1. The second-order valence-corrected chi connectivity index (χ2v) is 20.6. The first-order valence-corrected chi connectivity index (χ1v) is 23.8. The summed E-state index contributed by atoms with van der Waals surface area (Å²) in [5, 5.41) is 9.81. The monoisotopic (exact) mass is 908 g/mol. The van der Waals surface area contributed by atoms with E-state index in [2.05, 4.69) is 16.0 Å². The van der Waals surface area contributed by atoms with E-state index in [9.17, 15) is 35.5 Å². The third-order valence-electron chi connectivity index (χ3n) is 12.4. The van der Waals surface area contributed by atoms with Gasteiger partial charge in [0.05, 0.1) is 11.0 Å². The maximum absolute atomic E-state index is 13.3. The molecule has 0 atom stereocenters. The van der Waals surface area contributed by atoms with E-state index in [1.807, 2.05) is 81.4 Å². The average Bonchev–Trinajstić information content (AvgIpc) is 3.21. The van der Waals surface area contributed by atoms with Crippen molar-refractivity contribution in [3.63, 3.8) is 0 Å². The van der Waals surface area contributed by atoms with Crippen molar-refractivity contribution < 1.29 is 39.9 Å². The summed E-state index contributed by atoms with van der Waals surface area (Å²) in [7, 11) is -9.82. The number of carbonyl (C=O) groups excluding carboxylic acids is 2. The minimum atomic E-state index is -5.00. The number of fused-ring (bicyclic) bond motifs is 2. The quantitative estimate of drug-likeness (QED) is 0.0580. The van der Waals surface area contributed by atoms with Gasteiger partial charge in [0.15, 0.2) is 0 Å². The number of nitrogens with one attached hydrogen (secondary N) is 3. The van der Waals surface area contributed by atoms with Gasteiger partial charge < -0.3 is 20.4 Å². The molecule has 0 saturated carbocycles. The van der Waals surface area contributed by atoms with Gasteiger partial charge in [0, 0.05) is 67.8 Å². The highest BCUT2D eigenvalue weighted by Crippen LogP contribution is 2.45. The highest BCUT2D eigenvalue weighted by Gasteiger charge is 2.30. The Morgan fingerprint density at radius 1 is 0.641 bits per heavy atom. The number of benzene rings is 5. The van der Waals surface area contributed by atoms with E-state index in [-0.39, 0.29) is 45.2 Å². The lowest BCUT2D eigenvalue weighted by Gasteiger charge is -2.25. The van der Waals surface area contributed by atoms with Crippen molar-refractivity contribution in [2.24, 2.45) is 15.8 Å². The normalized spacial score (nSPS) is 12.8. The maximum Gasteiger partial charge on any atom is 0.296 e. The van der Waals surface area contributed by atoms with Crippen molar-refractivity contribution in [3.05, 3.63) is 105 Å². The van der Waals surface area contributed by atoms with Crippen molar-refractivity contribution in [3.8, 4) is 22.5 Å². The Morgan fingerprint density at radius 3 is 1.73 bits per heavy atom. The lowest BCUT2D eigenvalue weighted by atomic mass is 9.88. The van der Waals surface area contributed by atoms with Gasteiger partial charge in [-0.05, 0) is 112 Å². The lowest BCUT2D eigenvalue weighted by molar-refractivity contribution is -0.124. The molecule has 4 aromatic carbocycles. The fourth-order valence-electron chi connectivity index (χ4n) is 7.73. The Balaban J connectivity index is 1.64. The van der Waals surface area contributed by atoms with E-state index in [0.717, 1.165) is 27.9 Å². The first-order chi connectivity index (χ1) is 29.7. The van der Waals surface area contributed by atoms with Crippen molar-refractivity contribution in [2.75, 3.05) is 16.0 Å². The topological polar surface area (TPSA) is 204 Å². The molecule has 2 amide bonds. The first kappa shape index (κ1) is 47.6. The Hall–Kier alpha value is -5.87. The molecule has 2 aliphatic rings. The summed E-state index contributed by atoms with van der Waals surface area (Å²) in [5.74, 6) is -0.236. The standard InChI is InChI=1S/C49H56N4O9S2/c1-13-48(9,10)46(54)52-44-28(5)21-26(3)42(30(44)7)50-32-19-20-33-37(23-32)62-38-25-36(51-43-27(4)22-29(6)45(31(43)8)53-47(55)49(11,12)14-2)40(64(59,60)61)24-35(38)41(33)34-17-15-16-18-39(34)63(56,57)58/h15-25,50H,13-14H2,1-12H3,(H,52,54)(H,53,55)(H,56,57,58)(H,59,60,61). The molecular formula is C49H56N4O9S2. The molecule has 64 heavy (non-hydrogen) atoms. The molecule has 0 fully saturated rings. The van der Waals surface area contributed by atoms with E-state index in [1.165, 1.54) is 30.3 Å². The Labute approximate surface area is 375 Å². The molecule has 5 N–H and O–H groups in total. The summed E-state index contributed by atoms with van der Waals surface area (Å²) in [5.41, 5.74) is 6.78. The van der Waals surface area contributed by atoms with Crippen LogP contribution in [0.1, 0.15) is 87.8 Å². The van der Waals surface area contributed by atoms with Crippen molar-refractivity contribution in [1.29, 1.82) is 0 Å².